The molecule has 1 aromatic rings. The van der Waals surface area contributed by atoms with Crippen LogP contribution in [0.25, 0.3) is 0 Å². The molecule has 0 saturated heterocycles. The normalized spacial score (nSPS) is 21.7. The number of benzene rings is 1. The lowest BCUT2D eigenvalue weighted by Gasteiger charge is -2.29. The lowest BCUT2D eigenvalue weighted by Crippen LogP contribution is -2.42. The molecule has 1 aliphatic rings. The summed E-state index contributed by atoms with van der Waals surface area (Å²) in [6.45, 7) is 2.05. The average Bonchev–Trinajstić information content (AvgIpc) is 2.52. The number of amidine groups is 1. The number of nitrogens with one attached hydrogen (secondary N) is 1. The summed E-state index contributed by atoms with van der Waals surface area (Å²) in [6, 6.07) is 7.65. The van der Waals surface area contributed by atoms with Crippen LogP contribution in [0.15, 0.2) is 29.4 Å². The molecule has 1 amide bonds. The second-order valence-electron chi connectivity index (χ2n) is 6.06. The van der Waals surface area contributed by atoms with Gasteiger partial charge in [-0.1, -0.05) is 54.7 Å². The van der Waals surface area contributed by atoms with Gasteiger partial charge in [-0.25, -0.2) is 0 Å². The van der Waals surface area contributed by atoms with Crippen LogP contribution in [0.5, 0.6) is 0 Å². The second-order valence-corrected chi connectivity index (χ2v) is 6.47. The van der Waals surface area contributed by atoms with E-state index < -0.39 is 0 Å². The molecule has 0 spiro atoms. The summed E-state index contributed by atoms with van der Waals surface area (Å²) < 4.78 is 0. The van der Waals surface area contributed by atoms with Crippen molar-refractivity contribution in [2.75, 3.05) is 6.61 Å². The lowest BCUT2D eigenvalue weighted by molar-refractivity contribution is -0.126. The molecule has 1 saturated carbocycles. The molecule has 5 nitrogen and oxygen atoms in total. The van der Waals surface area contributed by atoms with Gasteiger partial charge in [0, 0.05) is 17.5 Å². The van der Waals surface area contributed by atoms with Crippen molar-refractivity contribution in [2.24, 2.45) is 16.8 Å². The summed E-state index contributed by atoms with van der Waals surface area (Å²) >= 11 is 6.06. The first-order valence-corrected chi connectivity index (χ1v) is 8.41. The molecule has 2 atom stereocenters. The molecule has 126 valence electrons. The molecule has 6 heteroatoms. The van der Waals surface area contributed by atoms with Crippen molar-refractivity contribution in [1.29, 1.82) is 0 Å². The Bertz CT molecular complexity index is 563. The molecule has 1 aromatic carbocycles. The van der Waals surface area contributed by atoms with Gasteiger partial charge in [-0.15, -0.1) is 0 Å². The fourth-order valence-electron chi connectivity index (χ4n) is 2.82. The minimum absolute atomic E-state index is 0.119. The van der Waals surface area contributed by atoms with Gasteiger partial charge in [0.2, 0.25) is 0 Å². The Kier molecular flexibility index (Phi) is 6.71. The Morgan fingerprint density at radius 3 is 2.87 bits per heavy atom. The third kappa shape index (κ3) is 5.75. The van der Waals surface area contributed by atoms with Crippen LogP contribution in [0.1, 0.15) is 38.2 Å². The lowest BCUT2D eigenvalue weighted by atomic mass is 9.86. The van der Waals surface area contributed by atoms with E-state index >= 15 is 0 Å². The smallest absolute Gasteiger partial charge is 0.261 e. The Morgan fingerprint density at radius 1 is 1.39 bits per heavy atom. The summed E-state index contributed by atoms with van der Waals surface area (Å²) in [5.41, 5.74) is 6.68. The predicted molar refractivity (Wildman–Crippen MR) is 92.3 cm³/mol. The van der Waals surface area contributed by atoms with Gasteiger partial charge in [-0.2, -0.15) is 0 Å². The first-order chi connectivity index (χ1) is 11.1. The number of nitrogens with two attached hydrogens (primary N) is 1. The van der Waals surface area contributed by atoms with Crippen molar-refractivity contribution >= 4 is 23.3 Å². The van der Waals surface area contributed by atoms with Crippen molar-refractivity contribution < 1.29 is 9.63 Å². The Hall–Kier alpha value is -1.75. The van der Waals surface area contributed by atoms with E-state index in [4.69, 9.17) is 22.2 Å². The summed E-state index contributed by atoms with van der Waals surface area (Å²) in [7, 11) is 0. The fraction of sp³-hybridized carbons (Fsp3) is 0.529. The van der Waals surface area contributed by atoms with Gasteiger partial charge >= 0.3 is 0 Å². The minimum atomic E-state index is -0.155. The number of amides is 1. The third-order valence-electron chi connectivity index (χ3n) is 4.16. The highest BCUT2D eigenvalue weighted by atomic mass is 35.5. The maximum absolute atomic E-state index is 11.9. The Balaban J connectivity index is 1.74. The minimum Gasteiger partial charge on any atom is -0.384 e. The number of nitrogens with zero attached hydrogens (tertiary/aromatic N) is 1. The van der Waals surface area contributed by atoms with Crippen molar-refractivity contribution in [1.82, 2.24) is 5.32 Å². The van der Waals surface area contributed by atoms with Crippen LogP contribution in [-0.2, 0) is 16.1 Å². The highest BCUT2D eigenvalue weighted by molar-refractivity contribution is 6.31. The number of carbonyl (C=O) groups is 1. The van der Waals surface area contributed by atoms with E-state index in [-0.39, 0.29) is 24.4 Å². The zero-order valence-corrected chi connectivity index (χ0v) is 14.2. The second kappa shape index (κ2) is 8.77. The monoisotopic (exact) mass is 337 g/mol. The van der Waals surface area contributed by atoms with Gasteiger partial charge in [-0.05, 0) is 30.4 Å². The molecule has 0 bridgehead atoms. The molecule has 0 unspecified atom stereocenters. The molecule has 0 radical (unpaired) electrons. The van der Waals surface area contributed by atoms with Gasteiger partial charge in [0.1, 0.15) is 5.84 Å². The largest absolute Gasteiger partial charge is 0.384 e. The quantitative estimate of drug-likeness (QED) is 0.476. The van der Waals surface area contributed by atoms with Crippen LogP contribution in [0.2, 0.25) is 5.02 Å². The van der Waals surface area contributed by atoms with Crippen LogP contribution in [0.4, 0.5) is 0 Å². The molecule has 1 fully saturated rings. The Labute approximate surface area is 142 Å². The number of hydrogen-bond acceptors (Lipinski definition) is 3. The van der Waals surface area contributed by atoms with Crippen molar-refractivity contribution in [3.8, 4) is 0 Å². The zero-order valence-electron chi connectivity index (χ0n) is 13.4. The molecular weight excluding hydrogens is 314 g/mol. The van der Waals surface area contributed by atoms with Crippen LogP contribution in [0, 0.1) is 5.92 Å². The van der Waals surface area contributed by atoms with Gasteiger partial charge in [0.05, 0.1) is 0 Å². The van der Waals surface area contributed by atoms with Crippen molar-refractivity contribution in [2.45, 2.75) is 45.1 Å². The van der Waals surface area contributed by atoms with E-state index in [2.05, 4.69) is 17.4 Å². The molecule has 0 heterocycles. The number of carbonyl (C=O) groups excluding carboxylic acids is 1. The van der Waals surface area contributed by atoms with Crippen LogP contribution in [-0.4, -0.2) is 24.4 Å². The molecule has 3 N–H and O–H groups in total. The number of oxime groups is 1. The summed E-state index contributed by atoms with van der Waals surface area (Å²) in [6.07, 6.45) is 4.99. The average molecular weight is 338 g/mol. The van der Waals surface area contributed by atoms with Gasteiger partial charge in [0.15, 0.2) is 6.61 Å². The van der Waals surface area contributed by atoms with Crippen molar-refractivity contribution in [3.05, 3.63) is 34.9 Å². The molecule has 23 heavy (non-hydrogen) atoms. The van der Waals surface area contributed by atoms with Crippen LogP contribution >= 0.6 is 11.6 Å². The summed E-state index contributed by atoms with van der Waals surface area (Å²) in [5, 5.41) is 7.43. The fourth-order valence-corrected chi connectivity index (χ4v) is 3.02. The van der Waals surface area contributed by atoms with Crippen LogP contribution < -0.4 is 11.1 Å². The van der Waals surface area contributed by atoms with E-state index in [0.717, 1.165) is 18.4 Å². The molecular formula is C17H24ClN3O2. The summed E-state index contributed by atoms with van der Waals surface area (Å²) in [4.78, 5) is 16.9. The number of hydrogen-bond donors (Lipinski definition) is 2. The topological polar surface area (TPSA) is 76.7 Å². The molecule has 0 aliphatic heterocycles. The van der Waals surface area contributed by atoms with E-state index in [1.54, 1.807) is 6.07 Å². The zero-order chi connectivity index (χ0) is 16.7. The highest BCUT2D eigenvalue weighted by Crippen LogP contribution is 2.23. The van der Waals surface area contributed by atoms with E-state index in [0.29, 0.717) is 17.4 Å². The Morgan fingerprint density at radius 2 is 2.13 bits per heavy atom. The van der Waals surface area contributed by atoms with E-state index in [1.165, 1.54) is 12.8 Å². The maximum Gasteiger partial charge on any atom is 0.261 e. The van der Waals surface area contributed by atoms with Gasteiger partial charge < -0.3 is 15.9 Å². The number of rotatable bonds is 6. The maximum atomic E-state index is 11.9. The van der Waals surface area contributed by atoms with Crippen LogP contribution in [0.3, 0.4) is 0 Å². The first-order valence-electron chi connectivity index (χ1n) is 8.03. The SMILES string of the molecule is C[C@@H]1CCCC[C@@H]1NC(=O)CO/N=C(\N)Cc1ccccc1Cl. The van der Waals surface area contributed by atoms with E-state index in [9.17, 15) is 4.79 Å². The standard InChI is InChI=1S/C17H24ClN3O2/c1-12-6-2-5-9-15(12)20-17(22)11-23-21-16(19)10-13-7-3-4-8-14(13)18/h3-4,7-8,12,15H,2,5-6,9-11H2,1H3,(H2,19,21)(H,20,22)/t12-,15+/m1/s1. The summed E-state index contributed by atoms with van der Waals surface area (Å²) in [5.74, 6) is 0.650. The van der Waals surface area contributed by atoms with E-state index in [1.807, 2.05) is 18.2 Å². The highest BCUT2D eigenvalue weighted by Gasteiger charge is 2.22. The van der Waals surface area contributed by atoms with Gasteiger partial charge in [-0.3, -0.25) is 4.79 Å². The molecule has 0 aromatic heterocycles. The van der Waals surface area contributed by atoms with Gasteiger partial charge in [0.25, 0.3) is 5.91 Å². The number of halogens is 1. The first kappa shape index (κ1) is 17.6. The third-order valence-corrected chi connectivity index (χ3v) is 4.53. The molecule has 2 rings (SSSR count). The molecule has 1 aliphatic carbocycles. The van der Waals surface area contributed by atoms with Crippen molar-refractivity contribution in [3.63, 3.8) is 0 Å². The predicted octanol–water partition coefficient (Wildman–Crippen LogP) is 2.87.